The second kappa shape index (κ2) is 8.79. The number of nitrogens with one attached hydrogen (secondary N) is 2. The first-order valence-electron chi connectivity index (χ1n) is 11.0. The largest absolute Gasteiger partial charge is 0.326 e. The van der Waals surface area contributed by atoms with E-state index in [1.54, 1.807) is 17.2 Å². The normalized spacial score (nSPS) is 14.6. The van der Waals surface area contributed by atoms with Crippen LogP contribution in [-0.4, -0.2) is 25.8 Å². The predicted octanol–water partition coefficient (Wildman–Crippen LogP) is 5.68. The third-order valence-electron chi connectivity index (χ3n) is 5.88. The second-order valence-corrected chi connectivity index (χ2v) is 9.16. The lowest BCUT2D eigenvalue weighted by Gasteiger charge is -2.26. The predicted molar refractivity (Wildman–Crippen MR) is 134 cm³/mol. The first-order chi connectivity index (χ1) is 16.4. The molecule has 2 N–H and O–H groups in total. The van der Waals surface area contributed by atoms with Gasteiger partial charge in [-0.1, -0.05) is 43.6 Å². The quantitative estimate of drug-likeness (QED) is 0.387. The van der Waals surface area contributed by atoms with Crippen molar-refractivity contribution in [1.82, 2.24) is 19.9 Å². The Morgan fingerprint density at radius 3 is 2.74 bits per heavy atom. The van der Waals surface area contributed by atoms with Gasteiger partial charge in [-0.3, -0.25) is 4.79 Å². The number of carbonyl (C=O) groups excluding carboxylic acids is 1. The maximum atomic E-state index is 12.1. The van der Waals surface area contributed by atoms with Crippen LogP contribution in [0.4, 0.5) is 28.8 Å². The number of halogens is 1. The molecule has 0 radical (unpaired) electrons. The summed E-state index contributed by atoms with van der Waals surface area (Å²) >= 11 is 6.55. The molecule has 34 heavy (non-hydrogen) atoms. The Labute approximate surface area is 202 Å². The summed E-state index contributed by atoms with van der Waals surface area (Å²) in [5, 5.41) is 12.9. The first kappa shape index (κ1) is 21.9. The molecule has 8 nitrogen and oxygen atoms in total. The van der Waals surface area contributed by atoms with Crippen LogP contribution in [0.15, 0.2) is 73.2 Å². The summed E-state index contributed by atoms with van der Waals surface area (Å²) in [4.78, 5) is 22.9. The molecule has 0 fully saturated rings. The van der Waals surface area contributed by atoms with Crippen molar-refractivity contribution in [3.8, 4) is 0 Å². The Morgan fingerprint density at radius 2 is 1.97 bits per heavy atom. The third kappa shape index (κ3) is 4.32. The minimum Gasteiger partial charge on any atom is -0.326 e. The number of amides is 1. The summed E-state index contributed by atoms with van der Waals surface area (Å²) in [5.41, 5.74) is 3.43. The Kier molecular flexibility index (Phi) is 5.67. The molecule has 0 unspecified atom stereocenters. The molecule has 1 aliphatic rings. The Bertz CT molecular complexity index is 1320. The summed E-state index contributed by atoms with van der Waals surface area (Å²) in [7, 11) is 0. The van der Waals surface area contributed by atoms with Gasteiger partial charge in [-0.25, -0.2) is 9.99 Å². The molecule has 9 heteroatoms. The fraction of sp³-hybridized carbons (Fsp3) is 0.200. The van der Waals surface area contributed by atoms with Gasteiger partial charge in [0.2, 0.25) is 11.9 Å². The Morgan fingerprint density at radius 1 is 1.15 bits per heavy atom. The number of carbonyl (C=O) groups is 1. The summed E-state index contributed by atoms with van der Waals surface area (Å²) in [6.07, 6.45) is 6.35. The molecule has 0 spiro atoms. The molecule has 172 valence electrons. The van der Waals surface area contributed by atoms with Gasteiger partial charge in [0.05, 0.1) is 18.1 Å². The van der Waals surface area contributed by atoms with Crippen LogP contribution in [0.3, 0.4) is 0 Å². The maximum Gasteiger partial charge on any atom is 0.229 e. The summed E-state index contributed by atoms with van der Waals surface area (Å²) in [6, 6.07) is 17.4. The highest BCUT2D eigenvalue weighted by molar-refractivity contribution is 6.33. The van der Waals surface area contributed by atoms with Gasteiger partial charge in [-0.05, 0) is 53.8 Å². The standard InChI is InChI=1S/C25H24ClN7O/c1-25(2)12-11-22(34)30-21-10-9-17(15-19(21)25)29-24-27-16-20(26)23(31-24)33(32-14-6-13-28-32)18-7-4-3-5-8-18/h3-10,13-16H,11-12H2,1-2H3,(H,30,34)(H,27,29,31). The maximum absolute atomic E-state index is 12.1. The van der Waals surface area contributed by atoms with Crippen LogP contribution in [0.1, 0.15) is 32.3 Å². The van der Waals surface area contributed by atoms with E-state index in [1.165, 1.54) is 0 Å². The topological polar surface area (TPSA) is 88.0 Å². The number of aromatic nitrogens is 4. The van der Waals surface area contributed by atoms with Crippen LogP contribution in [0.25, 0.3) is 0 Å². The van der Waals surface area contributed by atoms with Crippen LogP contribution < -0.4 is 15.6 Å². The Balaban J connectivity index is 1.51. The van der Waals surface area contributed by atoms with Crippen molar-refractivity contribution in [2.24, 2.45) is 0 Å². The van der Waals surface area contributed by atoms with E-state index in [0.29, 0.717) is 23.2 Å². The van der Waals surface area contributed by atoms with Crippen molar-refractivity contribution in [3.63, 3.8) is 0 Å². The minimum absolute atomic E-state index is 0.0397. The van der Waals surface area contributed by atoms with Crippen molar-refractivity contribution in [1.29, 1.82) is 0 Å². The number of hydrogen-bond acceptors (Lipinski definition) is 6. The van der Waals surface area contributed by atoms with Crippen molar-refractivity contribution < 1.29 is 4.79 Å². The van der Waals surface area contributed by atoms with Gasteiger partial charge in [-0.15, -0.1) is 0 Å². The molecule has 0 atom stereocenters. The van der Waals surface area contributed by atoms with E-state index in [0.717, 1.165) is 29.0 Å². The van der Waals surface area contributed by atoms with Gasteiger partial charge >= 0.3 is 0 Å². The fourth-order valence-corrected chi connectivity index (χ4v) is 4.22. The van der Waals surface area contributed by atoms with Crippen molar-refractivity contribution in [2.45, 2.75) is 32.1 Å². The van der Waals surface area contributed by atoms with E-state index in [-0.39, 0.29) is 11.3 Å². The van der Waals surface area contributed by atoms with E-state index >= 15 is 0 Å². The second-order valence-electron chi connectivity index (χ2n) is 8.76. The van der Waals surface area contributed by atoms with Gasteiger partial charge in [0, 0.05) is 24.0 Å². The average Bonchev–Trinajstić information content (AvgIpc) is 3.32. The van der Waals surface area contributed by atoms with E-state index in [4.69, 9.17) is 16.6 Å². The lowest BCUT2D eigenvalue weighted by molar-refractivity contribution is -0.116. The fourth-order valence-electron chi connectivity index (χ4n) is 4.05. The number of anilines is 5. The van der Waals surface area contributed by atoms with Crippen LogP contribution in [0, 0.1) is 0 Å². The Hall–Kier alpha value is -3.91. The number of hydrogen-bond donors (Lipinski definition) is 2. The number of rotatable bonds is 5. The molecule has 4 aromatic rings. The highest BCUT2D eigenvalue weighted by Gasteiger charge is 2.29. The van der Waals surface area contributed by atoms with Gasteiger partial charge < -0.3 is 10.6 Å². The van der Waals surface area contributed by atoms with E-state index < -0.39 is 0 Å². The van der Waals surface area contributed by atoms with E-state index in [9.17, 15) is 4.79 Å². The molecule has 5 rings (SSSR count). The SMILES string of the molecule is CC1(C)CCC(=O)Nc2ccc(Nc3ncc(Cl)c(N(c4ccccc4)n4cccn4)n3)cc21. The summed E-state index contributed by atoms with van der Waals surface area (Å²) in [5.74, 6) is 0.914. The first-order valence-corrected chi connectivity index (χ1v) is 11.4. The van der Waals surface area contributed by atoms with Gasteiger partial charge in [0.25, 0.3) is 0 Å². The third-order valence-corrected chi connectivity index (χ3v) is 6.14. The van der Waals surface area contributed by atoms with Crippen LogP contribution in [0.2, 0.25) is 5.02 Å². The molecule has 3 heterocycles. The molecular formula is C25H24ClN7O. The molecule has 0 aliphatic carbocycles. The van der Waals surface area contributed by atoms with Crippen LogP contribution in [0.5, 0.6) is 0 Å². The van der Waals surface area contributed by atoms with Crippen molar-refractivity contribution in [3.05, 3.63) is 83.8 Å². The number of benzene rings is 2. The molecule has 0 saturated carbocycles. The molecule has 1 amide bonds. The summed E-state index contributed by atoms with van der Waals surface area (Å²) < 4.78 is 0. The number of para-hydroxylation sites is 1. The molecular weight excluding hydrogens is 450 g/mol. The van der Waals surface area contributed by atoms with Crippen LogP contribution >= 0.6 is 11.6 Å². The zero-order valence-electron chi connectivity index (χ0n) is 18.9. The average molecular weight is 474 g/mol. The molecule has 0 saturated heterocycles. The lowest BCUT2D eigenvalue weighted by atomic mass is 9.80. The zero-order valence-corrected chi connectivity index (χ0v) is 19.6. The number of fused-ring (bicyclic) bond motifs is 1. The minimum atomic E-state index is -0.150. The number of nitrogens with zero attached hydrogens (tertiary/aromatic N) is 5. The van der Waals surface area contributed by atoms with Gasteiger partial charge in [0.15, 0.2) is 5.82 Å². The van der Waals surface area contributed by atoms with E-state index in [1.807, 2.05) is 65.8 Å². The molecule has 2 aromatic heterocycles. The highest BCUT2D eigenvalue weighted by atomic mass is 35.5. The van der Waals surface area contributed by atoms with Gasteiger partial charge in [-0.2, -0.15) is 14.9 Å². The lowest BCUT2D eigenvalue weighted by Crippen LogP contribution is -2.26. The zero-order chi connectivity index (χ0) is 23.7. The molecule has 2 aromatic carbocycles. The highest BCUT2D eigenvalue weighted by Crippen LogP contribution is 2.38. The molecule has 1 aliphatic heterocycles. The molecule has 0 bridgehead atoms. The van der Waals surface area contributed by atoms with Gasteiger partial charge in [0.1, 0.15) is 5.02 Å². The van der Waals surface area contributed by atoms with Crippen molar-refractivity contribution in [2.75, 3.05) is 15.6 Å². The summed E-state index contributed by atoms with van der Waals surface area (Å²) in [6.45, 7) is 4.29. The smallest absolute Gasteiger partial charge is 0.229 e. The van der Waals surface area contributed by atoms with Crippen LogP contribution in [-0.2, 0) is 10.2 Å². The van der Waals surface area contributed by atoms with E-state index in [2.05, 4.69) is 34.6 Å². The van der Waals surface area contributed by atoms with Crippen molar-refractivity contribution >= 4 is 46.3 Å². The monoisotopic (exact) mass is 473 g/mol.